The summed E-state index contributed by atoms with van der Waals surface area (Å²) in [4.78, 5) is 0. The molecule has 1 fully saturated rings. The molecule has 2 N–H and O–H groups in total. The number of benzene rings is 1. The van der Waals surface area contributed by atoms with Crippen molar-refractivity contribution in [2.45, 2.75) is 37.8 Å². The topological polar surface area (TPSA) is 35.2 Å². The zero-order chi connectivity index (χ0) is 12.3. The molecule has 17 heavy (non-hydrogen) atoms. The Morgan fingerprint density at radius 1 is 1.41 bits per heavy atom. The molecule has 0 bridgehead atoms. The zero-order valence-electron chi connectivity index (χ0n) is 9.66. The molecule has 94 valence electrons. The molecule has 2 rings (SSSR count). The van der Waals surface area contributed by atoms with Gasteiger partial charge in [0.15, 0.2) is 0 Å². The van der Waals surface area contributed by atoms with Crippen LogP contribution in [-0.2, 0) is 11.2 Å². The third kappa shape index (κ3) is 3.76. The van der Waals surface area contributed by atoms with Crippen LogP contribution >= 0.6 is 15.9 Å². The number of halogens is 2. The van der Waals surface area contributed by atoms with Gasteiger partial charge < -0.3 is 10.5 Å². The van der Waals surface area contributed by atoms with Crippen molar-refractivity contribution < 1.29 is 9.13 Å². The van der Waals surface area contributed by atoms with Crippen LogP contribution < -0.4 is 5.73 Å². The Morgan fingerprint density at radius 2 is 2.24 bits per heavy atom. The lowest BCUT2D eigenvalue weighted by Gasteiger charge is -2.28. The molecule has 0 aliphatic carbocycles. The van der Waals surface area contributed by atoms with Crippen LogP contribution in [0.1, 0.15) is 24.8 Å². The number of hydrogen-bond acceptors (Lipinski definition) is 2. The van der Waals surface area contributed by atoms with Crippen molar-refractivity contribution in [2.75, 3.05) is 6.61 Å². The van der Waals surface area contributed by atoms with Crippen LogP contribution in [0.2, 0.25) is 0 Å². The summed E-state index contributed by atoms with van der Waals surface area (Å²) in [7, 11) is 0. The molecule has 0 saturated carbocycles. The summed E-state index contributed by atoms with van der Waals surface area (Å²) in [5.41, 5.74) is 7.03. The summed E-state index contributed by atoms with van der Waals surface area (Å²) >= 11 is 3.29. The SMILES string of the molecule is NC(Cc1cc(F)cc(Br)c1)C1CCCCO1. The molecular formula is C13H17BrFNO. The van der Waals surface area contributed by atoms with Gasteiger partial charge in [0.25, 0.3) is 0 Å². The molecular weight excluding hydrogens is 285 g/mol. The van der Waals surface area contributed by atoms with Crippen molar-refractivity contribution in [3.05, 3.63) is 34.1 Å². The van der Waals surface area contributed by atoms with E-state index in [9.17, 15) is 4.39 Å². The maximum absolute atomic E-state index is 13.2. The molecule has 2 nitrogen and oxygen atoms in total. The Kier molecular flexibility index (Phi) is 4.54. The minimum atomic E-state index is -0.230. The Labute approximate surface area is 109 Å². The van der Waals surface area contributed by atoms with Gasteiger partial charge in [-0.1, -0.05) is 15.9 Å². The number of ether oxygens (including phenoxy) is 1. The predicted octanol–water partition coefficient (Wildman–Crippen LogP) is 3.03. The van der Waals surface area contributed by atoms with E-state index in [-0.39, 0.29) is 18.0 Å². The zero-order valence-corrected chi connectivity index (χ0v) is 11.2. The summed E-state index contributed by atoms with van der Waals surface area (Å²) in [5.74, 6) is -0.230. The van der Waals surface area contributed by atoms with Gasteiger partial charge in [-0.15, -0.1) is 0 Å². The van der Waals surface area contributed by atoms with E-state index in [2.05, 4.69) is 15.9 Å². The number of rotatable bonds is 3. The van der Waals surface area contributed by atoms with E-state index in [1.165, 1.54) is 18.6 Å². The largest absolute Gasteiger partial charge is 0.377 e. The van der Waals surface area contributed by atoms with Gasteiger partial charge in [0.1, 0.15) is 5.82 Å². The van der Waals surface area contributed by atoms with Gasteiger partial charge in [0.2, 0.25) is 0 Å². The van der Waals surface area contributed by atoms with Crippen LogP contribution in [0.5, 0.6) is 0 Å². The molecule has 2 unspecified atom stereocenters. The summed E-state index contributed by atoms with van der Waals surface area (Å²) in [6, 6.07) is 4.84. The average Bonchev–Trinajstić information content (AvgIpc) is 2.28. The highest BCUT2D eigenvalue weighted by Crippen LogP contribution is 2.20. The molecule has 1 heterocycles. The van der Waals surface area contributed by atoms with Gasteiger partial charge in [-0.2, -0.15) is 0 Å². The number of nitrogens with two attached hydrogens (primary N) is 1. The third-order valence-corrected chi connectivity index (χ3v) is 3.54. The quantitative estimate of drug-likeness (QED) is 0.931. The first kappa shape index (κ1) is 13.0. The van der Waals surface area contributed by atoms with Crippen LogP contribution in [0, 0.1) is 5.82 Å². The van der Waals surface area contributed by atoms with Crippen LogP contribution in [-0.4, -0.2) is 18.8 Å². The van der Waals surface area contributed by atoms with Crippen molar-refractivity contribution in [3.63, 3.8) is 0 Å². The van der Waals surface area contributed by atoms with Crippen molar-refractivity contribution in [1.29, 1.82) is 0 Å². The molecule has 1 saturated heterocycles. The van der Waals surface area contributed by atoms with Crippen LogP contribution in [0.3, 0.4) is 0 Å². The molecule has 0 radical (unpaired) electrons. The molecule has 4 heteroatoms. The lowest BCUT2D eigenvalue weighted by atomic mass is 9.97. The van der Waals surface area contributed by atoms with Gasteiger partial charge in [0, 0.05) is 17.1 Å². The maximum atomic E-state index is 13.2. The first-order valence-corrected chi connectivity index (χ1v) is 6.76. The summed E-state index contributed by atoms with van der Waals surface area (Å²) in [5, 5.41) is 0. The lowest BCUT2D eigenvalue weighted by molar-refractivity contribution is 0.000622. The highest BCUT2D eigenvalue weighted by Gasteiger charge is 2.21. The van der Waals surface area contributed by atoms with E-state index < -0.39 is 0 Å². The van der Waals surface area contributed by atoms with E-state index in [1.54, 1.807) is 0 Å². The van der Waals surface area contributed by atoms with Crippen molar-refractivity contribution in [2.24, 2.45) is 5.73 Å². The first-order chi connectivity index (χ1) is 8.15. The Balaban J connectivity index is 1.99. The van der Waals surface area contributed by atoms with Gasteiger partial charge >= 0.3 is 0 Å². The highest BCUT2D eigenvalue weighted by molar-refractivity contribution is 9.10. The van der Waals surface area contributed by atoms with Crippen LogP contribution in [0.4, 0.5) is 4.39 Å². The smallest absolute Gasteiger partial charge is 0.124 e. The van der Waals surface area contributed by atoms with Gasteiger partial charge in [-0.05, 0) is 49.4 Å². The maximum Gasteiger partial charge on any atom is 0.124 e. The van der Waals surface area contributed by atoms with Gasteiger partial charge in [-0.3, -0.25) is 0 Å². The standard InChI is InChI=1S/C13H17BrFNO/c14-10-5-9(6-11(15)8-10)7-12(16)13-3-1-2-4-17-13/h5-6,8,12-13H,1-4,7,16H2. The second-order valence-electron chi connectivity index (χ2n) is 4.55. The van der Waals surface area contributed by atoms with Gasteiger partial charge in [0.05, 0.1) is 6.10 Å². The molecule has 2 atom stereocenters. The second-order valence-corrected chi connectivity index (χ2v) is 5.47. The molecule has 0 spiro atoms. The molecule has 1 aliphatic rings. The van der Waals surface area contributed by atoms with Gasteiger partial charge in [-0.25, -0.2) is 4.39 Å². The van der Waals surface area contributed by atoms with Crippen molar-refractivity contribution in [1.82, 2.24) is 0 Å². The summed E-state index contributed by atoms with van der Waals surface area (Å²) in [6.45, 7) is 0.797. The minimum absolute atomic E-state index is 0.0519. The Bertz CT molecular complexity index is 359. The monoisotopic (exact) mass is 301 g/mol. The van der Waals surface area contributed by atoms with E-state index in [0.29, 0.717) is 6.42 Å². The molecule has 0 amide bonds. The molecule has 0 aromatic heterocycles. The minimum Gasteiger partial charge on any atom is -0.377 e. The molecule has 1 aromatic rings. The first-order valence-electron chi connectivity index (χ1n) is 5.97. The van der Waals surface area contributed by atoms with Crippen molar-refractivity contribution in [3.8, 4) is 0 Å². The van der Waals surface area contributed by atoms with E-state index in [4.69, 9.17) is 10.5 Å². The Hall–Kier alpha value is -0.450. The Morgan fingerprint density at radius 3 is 2.88 bits per heavy atom. The lowest BCUT2D eigenvalue weighted by Crippen LogP contribution is -2.40. The fourth-order valence-corrected chi connectivity index (χ4v) is 2.75. The number of hydrogen-bond donors (Lipinski definition) is 1. The molecule has 1 aliphatic heterocycles. The third-order valence-electron chi connectivity index (χ3n) is 3.09. The van der Waals surface area contributed by atoms with Crippen LogP contribution in [0.15, 0.2) is 22.7 Å². The fourth-order valence-electron chi connectivity index (χ4n) is 2.24. The van der Waals surface area contributed by atoms with E-state index in [1.807, 2.05) is 6.07 Å². The average molecular weight is 302 g/mol. The summed E-state index contributed by atoms with van der Waals surface area (Å²) < 4.78 is 19.6. The van der Waals surface area contributed by atoms with E-state index in [0.717, 1.165) is 29.5 Å². The fraction of sp³-hybridized carbons (Fsp3) is 0.538. The van der Waals surface area contributed by atoms with Crippen molar-refractivity contribution >= 4 is 15.9 Å². The molecule has 1 aromatic carbocycles. The second kappa shape index (κ2) is 5.94. The highest BCUT2D eigenvalue weighted by atomic mass is 79.9. The van der Waals surface area contributed by atoms with E-state index >= 15 is 0 Å². The van der Waals surface area contributed by atoms with Crippen LogP contribution in [0.25, 0.3) is 0 Å². The normalized spacial score (nSPS) is 22.4. The summed E-state index contributed by atoms with van der Waals surface area (Å²) in [6.07, 6.45) is 4.07. The predicted molar refractivity (Wildman–Crippen MR) is 69.4 cm³/mol.